The summed E-state index contributed by atoms with van der Waals surface area (Å²) in [5, 5.41) is 2.90. The van der Waals surface area contributed by atoms with E-state index in [1.807, 2.05) is 0 Å². The van der Waals surface area contributed by atoms with Crippen LogP contribution in [0, 0.1) is 11.8 Å². The summed E-state index contributed by atoms with van der Waals surface area (Å²) >= 11 is 0. The van der Waals surface area contributed by atoms with Crippen molar-refractivity contribution < 1.29 is 9.59 Å². The van der Waals surface area contributed by atoms with Gasteiger partial charge in [0.1, 0.15) is 0 Å². The van der Waals surface area contributed by atoms with E-state index in [9.17, 15) is 9.59 Å². The van der Waals surface area contributed by atoms with Crippen molar-refractivity contribution in [3.05, 3.63) is 35.4 Å². The van der Waals surface area contributed by atoms with Crippen molar-refractivity contribution in [2.75, 3.05) is 19.6 Å². The first-order chi connectivity index (χ1) is 12.3. The number of piperidine rings is 1. The molecular formula is C22H30N2O2. The molecule has 0 unspecified atom stereocenters. The molecule has 2 aliphatic heterocycles. The lowest BCUT2D eigenvalue weighted by molar-refractivity contribution is -0.135. The molecule has 1 saturated carbocycles. The molecular weight excluding hydrogens is 324 g/mol. The van der Waals surface area contributed by atoms with Crippen LogP contribution in [0.2, 0.25) is 0 Å². The fraction of sp³-hybridized carbons (Fsp3) is 0.636. The van der Waals surface area contributed by atoms with Crippen molar-refractivity contribution >= 4 is 11.8 Å². The number of carbonyl (C=O) groups excluding carboxylic acids is 2. The lowest BCUT2D eigenvalue weighted by Gasteiger charge is -2.26. The van der Waals surface area contributed by atoms with Gasteiger partial charge >= 0.3 is 0 Å². The number of nitrogens with one attached hydrogen (secondary N) is 1. The highest BCUT2D eigenvalue weighted by Gasteiger charge is 2.61. The van der Waals surface area contributed by atoms with Crippen LogP contribution in [0.25, 0.3) is 0 Å². The van der Waals surface area contributed by atoms with Gasteiger partial charge in [-0.05, 0) is 41.7 Å². The van der Waals surface area contributed by atoms with Crippen molar-refractivity contribution in [2.24, 2.45) is 11.8 Å². The second-order valence-corrected chi connectivity index (χ2v) is 9.50. The molecule has 3 fully saturated rings. The number of nitrogens with zero attached hydrogens (tertiary/aromatic N) is 1. The topological polar surface area (TPSA) is 49.4 Å². The maximum Gasteiger partial charge on any atom is 0.227 e. The SMILES string of the molecule is CC(C)(C)c1ccc([C@]23C[C@H]2CN(C(=O)[C@@H]2CCCC(=O)NC2)C3)cc1. The Hall–Kier alpha value is -1.84. The molecule has 3 atom stereocenters. The lowest BCUT2D eigenvalue weighted by atomic mass is 9.85. The summed E-state index contributed by atoms with van der Waals surface area (Å²) in [7, 11) is 0. The van der Waals surface area contributed by atoms with E-state index in [0.29, 0.717) is 18.9 Å². The molecule has 2 heterocycles. The van der Waals surface area contributed by atoms with E-state index in [1.54, 1.807) is 0 Å². The zero-order valence-corrected chi connectivity index (χ0v) is 16.2. The molecule has 1 aromatic rings. The predicted molar refractivity (Wildman–Crippen MR) is 102 cm³/mol. The zero-order chi connectivity index (χ0) is 18.5. The van der Waals surface area contributed by atoms with Gasteiger partial charge in [-0.3, -0.25) is 9.59 Å². The standard InChI is InChI=1S/C22H30N2O2/c1-21(2,3)16-7-9-17(10-8-16)22-11-18(22)13-24(14-22)20(26)15-5-4-6-19(25)23-12-15/h7-10,15,18H,4-6,11-14H2,1-3H3,(H,23,25)/t15-,18+,22-/m1/s1. The van der Waals surface area contributed by atoms with E-state index in [2.05, 4.69) is 55.3 Å². The number of fused-ring (bicyclic) bond motifs is 1. The summed E-state index contributed by atoms with van der Waals surface area (Å²) in [6, 6.07) is 9.07. The molecule has 2 amide bonds. The summed E-state index contributed by atoms with van der Waals surface area (Å²) in [5.74, 6) is 0.886. The van der Waals surface area contributed by atoms with Crippen LogP contribution >= 0.6 is 0 Å². The largest absolute Gasteiger partial charge is 0.355 e. The lowest BCUT2D eigenvalue weighted by Crippen LogP contribution is -2.41. The summed E-state index contributed by atoms with van der Waals surface area (Å²) in [6.07, 6.45) is 3.40. The maximum absolute atomic E-state index is 13.0. The minimum absolute atomic E-state index is 0.0423. The van der Waals surface area contributed by atoms with E-state index >= 15 is 0 Å². The summed E-state index contributed by atoms with van der Waals surface area (Å²) in [4.78, 5) is 26.6. The fourth-order valence-corrected chi connectivity index (χ4v) is 4.81. The first-order valence-corrected chi connectivity index (χ1v) is 9.96. The van der Waals surface area contributed by atoms with Crippen LogP contribution in [0.5, 0.6) is 0 Å². The minimum atomic E-state index is -0.0423. The van der Waals surface area contributed by atoms with Crippen LogP contribution in [0.1, 0.15) is 57.6 Å². The number of carbonyl (C=O) groups is 2. The van der Waals surface area contributed by atoms with Gasteiger partial charge in [-0.15, -0.1) is 0 Å². The average Bonchev–Trinajstić information content (AvgIpc) is 3.25. The molecule has 4 rings (SSSR count). The molecule has 0 spiro atoms. The third-order valence-electron chi connectivity index (χ3n) is 6.63. The Morgan fingerprint density at radius 1 is 1.23 bits per heavy atom. The van der Waals surface area contributed by atoms with Gasteiger partial charge in [-0.1, -0.05) is 45.0 Å². The maximum atomic E-state index is 13.0. The molecule has 0 aromatic heterocycles. The third kappa shape index (κ3) is 3.04. The Morgan fingerprint density at radius 3 is 2.65 bits per heavy atom. The normalized spacial score (nSPS) is 31.2. The van der Waals surface area contributed by atoms with Crippen LogP contribution in [0.4, 0.5) is 0 Å². The Balaban J connectivity index is 1.45. The Kier molecular flexibility index (Phi) is 4.13. The number of amides is 2. The van der Waals surface area contributed by atoms with Crippen molar-refractivity contribution in [1.29, 1.82) is 0 Å². The fourth-order valence-electron chi connectivity index (χ4n) is 4.81. The minimum Gasteiger partial charge on any atom is -0.355 e. The molecule has 3 aliphatic rings. The highest BCUT2D eigenvalue weighted by atomic mass is 16.2. The summed E-state index contributed by atoms with van der Waals surface area (Å²) in [6.45, 7) is 8.94. The molecule has 0 radical (unpaired) electrons. The van der Waals surface area contributed by atoms with Gasteiger partial charge < -0.3 is 10.2 Å². The van der Waals surface area contributed by atoms with Crippen molar-refractivity contribution in [3.63, 3.8) is 0 Å². The first-order valence-electron chi connectivity index (χ1n) is 9.96. The number of hydrogen-bond acceptors (Lipinski definition) is 2. The smallest absolute Gasteiger partial charge is 0.227 e. The van der Waals surface area contributed by atoms with E-state index in [4.69, 9.17) is 0 Å². The number of likely N-dealkylation sites (tertiary alicyclic amines) is 1. The molecule has 4 heteroatoms. The highest BCUT2D eigenvalue weighted by Crippen LogP contribution is 2.59. The molecule has 26 heavy (non-hydrogen) atoms. The highest BCUT2D eigenvalue weighted by molar-refractivity contribution is 5.82. The van der Waals surface area contributed by atoms with E-state index in [1.165, 1.54) is 17.5 Å². The van der Waals surface area contributed by atoms with Crippen LogP contribution in [0.15, 0.2) is 24.3 Å². The second kappa shape index (κ2) is 6.11. The molecule has 1 N–H and O–H groups in total. The van der Waals surface area contributed by atoms with Crippen LogP contribution in [-0.2, 0) is 20.4 Å². The van der Waals surface area contributed by atoms with Gasteiger partial charge in [0.2, 0.25) is 11.8 Å². The summed E-state index contributed by atoms with van der Waals surface area (Å²) in [5.41, 5.74) is 3.09. The van der Waals surface area contributed by atoms with Crippen molar-refractivity contribution in [3.8, 4) is 0 Å². The van der Waals surface area contributed by atoms with Gasteiger partial charge in [-0.2, -0.15) is 0 Å². The van der Waals surface area contributed by atoms with Gasteiger partial charge in [0.25, 0.3) is 0 Å². The van der Waals surface area contributed by atoms with Gasteiger partial charge in [0.05, 0.1) is 5.92 Å². The van der Waals surface area contributed by atoms with Crippen LogP contribution in [0.3, 0.4) is 0 Å². The van der Waals surface area contributed by atoms with E-state index < -0.39 is 0 Å². The zero-order valence-electron chi connectivity index (χ0n) is 16.2. The Labute approximate surface area is 156 Å². The van der Waals surface area contributed by atoms with Gasteiger partial charge in [0.15, 0.2) is 0 Å². The molecule has 1 aliphatic carbocycles. The molecule has 1 aromatic carbocycles. The van der Waals surface area contributed by atoms with Crippen LogP contribution in [-0.4, -0.2) is 36.3 Å². The molecule has 4 nitrogen and oxygen atoms in total. The number of benzene rings is 1. The molecule has 2 saturated heterocycles. The quantitative estimate of drug-likeness (QED) is 0.888. The van der Waals surface area contributed by atoms with E-state index in [-0.39, 0.29) is 28.6 Å². The average molecular weight is 354 g/mol. The van der Waals surface area contributed by atoms with E-state index in [0.717, 1.165) is 25.9 Å². The van der Waals surface area contributed by atoms with Crippen LogP contribution < -0.4 is 5.32 Å². The predicted octanol–water partition coefficient (Wildman–Crippen LogP) is 3.00. The third-order valence-corrected chi connectivity index (χ3v) is 6.63. The number of rotatable bonds is 2. The summed E-state index contributed by atoms with van der Waals surface area (Å²) < 4.78 is 0. The molecule has 0 bridgehead atoms. The first kappa shape index (κ1) is 17.6. The Morgan fingerprint density at radius 2 is 1.96 bits per heavy atom. The van der Waals surface area contributed by atoms with Crippen molar-refractivity contribution in [1.82, 2.24) is 10.2 Å². The number of hydrogen-bond donors (Lipinski definition) is 1. The van der Waals surface area contributed by atoms with Gasteiger partial charge in [-0.25, -0.2) is 0 Å². The molecule has 140 valence electrons. The van der Waals surface area contributed by atoms with Crippen molar-refractivity contribution in [2.45, 2.75) is 57.3 Å². The second-order valence-electron chi connectivity index (χ2n) is 9.50. The monoisotopic (exact) mass is 354 g/mol. The Bertz CT molecular complexity index is 719. The van der Waals surface area contributed by atoms with Gasteiger partial charge in [0, 0.05) is 31.5 Å².